The first-order valence-corrected chi connectivity index (χ1v) is 5.84. The molecule has 1 saturated carbocycles. The molecule has 1 fully saturated rings. The molecule has 1 nitrogen and oxygen atoms in total. The molecule has 2 aliphatic carbocycles. The fourth-order valence-electron chi connectivity index (χ4n) is 2.86. The van der Waals surface area contributed by atoms with Crippen molar-refractivity contribution in [2.45, 2.75) is 37.5 Å². The number of fused-ring (bicyclic) bond motifs is 4. The number of aromatic nitrogens is 1. The van der Waals surface area contributed by atoms with Gasteiger partial charge in [0.05, 0.1) is 5.92 Å². The van der Waals surface area contributed by atoms with Gasteiger partial charge in [-0.1, -0.05) is 12.8 Å². The van der Waals surface area contributed by atoms with Gasteiger partial charge in [0.1, 0.15) is 0 Å². The minimum Gasteiger partial charge on any atom is -0.418 e. The smallest absolute Gasteiger partial charge is 0.418 e. The highest BCUT2D eigenvalue weighted by Gasteiger charge is 2.43. The van der Waals surface area contributed by atoms with Crippen molar-refractivity contribution in [3.05, 3.63) is 29.6 Å². The largest absolute Gasteiger partial charge is 0.673 e. The molecule has 1 heterocycles. The van der Waals surface area contributed by atoms with Gasteiger partial charge in [-0.15, -0.1) is 0 Å². The maximum absolute atomic E-state index is 9.75. The molecule has 0 aliphatic heterocycles. The van der Waals surface area contributed by atoms with E-state index in [2.05, 4.69) is 23.3 Å². The van der Waals surface area contributed by atoms with Gasteiger partial charge in [-0.05, 0) is 18.9 Å². The lowest BCUT2D eigenvalue weighted by Gasteiger charge is -2.37. The van der Waals surface area contributed by atoms with Crippen LogP contribution in [0.2, 0.25) is 0 Å². The molecule has 2 atom stereocenters. The van der Waals surface area contributed by atoms with Crippen LogP contribution in [0.3, 0.4) is 0 Å². The third-order valence-corrected chi connectivity index (χ3v) is 3.46. The van der Waals surface area contributed by atoms with E-state index >= 15 is 0 Å². The minimum absolute atomic E-state index is 0.884. The second-order valence-electron chi connectivity index (χ2n) is 4.53. The number of aromatic amines is 1. The highest BCUT2D eigenvalue weighted by Crippen LogP contribution is 2.52. The Morgan fingerprint density at radius 2 is 1.65 bits per heavy atom. The Bertz CT molecular complexity index is 356. The maximum Gasteiger partial charge on any atom is 0.673 e. The monoisotopic (exact) mass is 247 g/mol. The molecular formula is C11H14BF4N. The van der Waals surface area contributed by atoms with E-state index in [0.717, 1.165) is 11.8 Å². The van der Waals surface area contributed by atoms with Crippen LogP contribution >= 0.6 is 0 Å². The molecule has 0 spiro atoms. The first kappa shape index (κ1) is 12.4. The van der Waals surface area contributed by atoms with Crippen LogP contribution in [0.4, 0.5) is 17.3 Å². The van der Waals surface area contributed by atoms with Gasteiger partial charge in [-0.3, -0.25) is 0 Å². The van der Waals surface area contributed by atoms with Gasteiger partial charge in [-0.2, -0.15) is 0 Å². The molecule has 17 heavy (non-hydrogen) atoms. The van der Waals surface area contributed by atoms with Crippen molar-refractivity contribution in [3.63, 3.8) is 0 Å². The molecule has 6 heteroatoms. The van der Waals surface area contributed by atoms with Crippen LogP contribution in [0.25, 0.3) is 0 Å². The van der Waals surface area contributed by atoms with E-state index in [1.165, 1.54) is 31.4 Å². The van der Waals surface area contributed by atoms with E-state index in [0.29, 0.717) is 0 Å². The zero-order chi connectivity index (χ0) is 12.5. The second kappa shape index (κ2) is 4.66. The number of rotatable bonds is 0. The molecular weight excluding hydrogens is 233 g/mol. The normalized spacial score (nSPS) is 25.9. The third-order valence-electron chi connectivity index (χ3n) is 3.46. The zero-order valence-corrected chi connectivity index (χ0v) is 9.30. The average Bonchev–Trinajstić information content (AvgIpc) is 2.23. The molecule has 0 radical (unpaired) electrons. The lowest BCUT2D eigenvalue weighted by molar-refractivity contribution is -0.400. The van der Waals surface area contributed by atoms with Gasteiger partial charge in [0.15, 0.2) is 11.9 Å². The molecule has 1 aromatic rings. The Morgan fingerprint density at radius 1 is 1.06 bits per heavy atom. The summed E-state index contributed by atoms with van der Waals surface area (Å²) in [4.78, 5) is 3.39. The number of H-pyrrole nitrogens is 1. The maximum atomic E-state index is 9.75. The Labute approximate surface area is 97.4 Å². The van der Waals surface area contributed by atoms with Crippen LogP contribution in [0.5, 0.6) is 0 Å². The molecule has 0 aromatic carbocycles. The Hall–Kier alpha value is -1.07. The molecule has 1 N–H and O–H groups in total. The predicted molar refractivity (Wildman–Crippen MR) is 57.1 cm³/mol. The fourth-order valence-corrected chi connectivity index (χ4v) is 2.86. The van der Waals surface area contributed by atoms with E-state index in [9.17, 15) is 17.3 Å². The molecule has 3 rings (SSSR count). The summed E-state index contributed by atoms with van der Waals surface area (Å²) >= 11 is 0. The highest BCUT2D eigenvalue weighted by atomic mass is 19.5. The topological polar surface area (TPSA) is 14.1 Å². The fraction of sp³-hybridized carbons (Fsp3) is 0.545. The minimum atomic E-state index is -6.00. The first-order valence-electron chi connectivity index (χ1n) is 5.84. The summed E-state index contributed by atoms with van der Waals surface area (Å²) < 4.78 is 39.0. The van der Waals surface area contributed by atoms with E-state index < -0.39 is 7.25 Å². The zero-order valence-electron chi connectivity index (χ0n) is 9.30. The number of hydrogen-bond donors (Lipinski definition) is 0. The van der Waals surface area contributed by atoms with Crippen molar-refractivity contribution in [2.75, 3.05) is 0 Å². The van der Waals surface area contributed by atoms with Crippen LogP contribution < -0.4 is 4.98 Å². The average molecular weight is 247 g/mol. The summed E-state index contributed by atoms with van der Waals surface area (Å²) in [7, 11) is -6.00. The van der Waals surface area contributed by atoms with Gasteiger partial charge in [0, 0.05) is 17.5 Å². The highest BCUT2D eigenvalue weighted by molar-refractivity contribution is 6.50. The van der Waals surface area contributed by atoms with Crippen molar-refractivity contribution in [1.82, 2.24) is 0 Å². The number of pyridine rings is 1. The molecule has 2 unspecified atom stereocenters. The number of nitrogens with one attached hydrogen (secondary N) is 1. The van der Waals surface area contributed by atoms with Gasteiger partial charge in [0.25, 0.3) is 0 Å². The van der Waals surface area contributed by atoms with Crippen molar-refractivity contribution >= 4 is 7.25 Å². The summed E-state index contributed by atoms with van der Waals surface area (Å²) in [6.45, 7) is 0. The summed E-state index contributed by atoms with van der Waals surface area (Å²) in [5.74, 6) is 1.79. The first-order chi connectivity index (χ1) is 7.97. The van der Waals surface area contributed by atoms with E-state index in [1.807, 2.05) is 0 Å². The summed E-state index contributed by atoms with van der Waals surface area (Å²) in [6, 6.07) is 4.42. The van der Waals surface area contributed by atoms with E-state index in [-0.39, 0.29) is 0 Å². The molecule has 0 amide bonds. The molecule has 0 bridgehead atoms. The standard InChI is InChI=1S/C11H13N.BF4/c1-2-5-9-8(4-1)10-6-3-7-12-11(9)10;2-1(3,4)5/h3,6-9H,1-2,4-5H2;/q;-1/p+1. The van der Waals surface area contributed by atoms with E-state index in [4.69, 9.17) is 0 Å². The SMILES string of the molecule is F[B-](F)(F)F.c1c[nH+]c2c(c1)C1CCCCC21. The summed E-state index contributed by atoms with van der Waals surface area (Å²) in [5.41, 5.74) is 3.13. The Morgan fingerprint density at radius 3 is 2.29 bits per heavy atom. The molecule has 2 aliphatic rings. The van der Waals surface area contributed by atoms with Crippen molar-refractivity contribution in [1.29, 1.82) is 0 Å². The van der Waals surface area contributed by atoms with Gasteiger partial charge in [0.2, 0.25) is 0 Å². The predicted octanol–water partition coefficient (Wildman–Crippen LogP) is 3.56. The van der Waals surface area contributed by atoms with Gasteiger partial charge >= 0.3 is 7.25 Å². The van der Waals surface area contributed by atoms with Gasteiger partial charge in [-0.25, -0.2) is 4.98 Å². The van der Waals surface area contributed by atoms with Crippen LogP contribution in [-0.4, -0.2) is 7.25 Å². The van der Waals surface area contributed by atoms with E-state index in [1.54, 1.807) is 5.56 Å². The Balaban J connectivity index is 0.000000188. The number of halogens is 4. The van der Waals surface area contributed by atoms with Crippen molar-refractivity contribution in [3.8, 4) is 0 Å². The van der Waals surface area contributed by atoms with Crippen LogP contribution in [0, 0.1) is 0 Å². The quantitative estimate of drug-likeness (QED) is 0.491. The number of hydrogen-bond acceptors (Lipinski definition) is 0. The van der Waals surface area contributed by atoms with Gasteiger partial charge < -0.3 is 17.3 Å². The molecule has 94 valence electrons. The van der Waals surface area contributed by atoms with Crippen LogP contribution in [0.1, 0.15) is 48.8 Å². The van der Waals surface area contributed by atoms with Crippen LogP contribution in [-0.2, 0) is 0 Å². The van der Waals surface area contributed by atoms with Crippen LogP contribution in [0.15, 0.2) is 18.3 Å². The second-order valence-corrected chi connectivity index (χ2v) is 4.53. The Kier molecular flexibility index (Phi) is 3.40. The molecule has 0 saturated heterocycles. The van der Waals surface area contributed by atoms with Crippen molar-refractivity contribution in [2.24, 2.45) is 0 Å². The summed E-state index contributed by atoms with van der Waals surface area (Å²) in [6.07, 6.45) is 7.77. The molecule has 1 aromatic heterocycles. The summed E-state index contributed by atoms with van der Waals surface area (Å²) in [5, 5.41) is 0. The lowest BCUT2D eigenvalue weighted by atomic mass is 9.64. The van der Waals surface area contributed by atoms with Crippen molar-refractivity contribution < 1.29 is 22.2 Å². The lowest BCUT2D eigenvalue weighted by Crippen LogP contribution is -2.34. The third kappa shape index (κ3) is 2.98.